The monoisotopic (exact) mass is 302 g/mol. The summed E-state index contributed by atoms with van der Waals surface area (Å²) in [5, 5.41) is 2.92. The fourth-order valence-electron chi connectivity index (χ4n) is 2.67. The van der Waals surface area contributed by atoms with Gasteiger partial charge in [0.15, 0.2) is 0 Å². The predicted molar refractivity (Wildman–Crippen MR) is 89.5 cm³/mol. The Balaban J connectivity index is 1.83. The SMILES string of the molecule is Cc1nc2ccccc2n1CCCNC(=O)[C@@H](N)CC(C)C. The Morgan fingerprint density at radius 3 is 2.82 bits per heavy atom. The molecule has 0 saturated carbocycles. The fraction of sp³-hybridized carbons (Fsp3) is 0.529. The van der Waals surface area contributed by atoms with Gasteiger partial charge in [-0.3, -0.25) is 4.79 Å². The second-order valence-corrected chi connectivity index (χ2v) is 6.18. The number of rotatable bonds is 7. The van der Waals surface area contributed by atoms with Gasteiger partial charge in [0.05, 0.1) is 17.1 Å². The molecule has 1 atom stereocenters. The van der Waals surface area contributed by atoms with E-state index in [0.29, 0.717) is 12.5 Å². The molecule has 0 radical (unpaired) electrons. The van der Waals surface area contributed by atoms with Crippen molar-refractivity contribution in [3.8, 4) is 0 Å². The average Bonchev–Trinajstić information content (AvgIpc) is 2.78. The molecule has 1 amide bonds. The van der Waals surface area contributed by atoms with Gasteiger partial charge in [0.25, 0.3) is 0 Å². The Kier molecular flexibility index (Phi) is 5.55. The van der Waals surface area contributed by atoms with E-state index in [4.69, 9.17) is 5.73 Å². The molecule has 3 N–H and O–H groups in total. The summed E-state index contributed by atoms with van der Waals surface area (Å²) >= 11 is 0. The number of hydrogen-bond donors (Lipinski definition) is 2. The van der Waals surface area contributed by atoms with Gasteiger partial charge in [-0.25, -0.2) is 4.98 Å². The molecule has 0 aliphatic carbocycles. The lowest BCUT2D eigenvalue weighted by molar-refractivity contribution is -0.122. The Bertz CT molecular complexity index is 633. The maximum atomic E-state index is 11.9. The normalized spacial score (nSPS) is 12.8. The summed E-state index contributed by atoms with van der Waals surface area (Å²) in [7, 11) is 0. The van der Waals surface area contributed by atoms with Crippen molar-refractivity contribution in [1.29, 1.82) is 0 Å². The first-order valence-corrected chi connectivity index (χ1v) is 7.94. The number of carbonyl (C=O) groups is 1. The van der Waals surface area contributed by atoms with Crippen LogP contribution in [0.5, 0.6) is 0 Å². The predicted octanol–water partition coefficient (Wildman–Crippen LogP) is 2.22. The minimum absolute atomic E-state index is 0.0547. The van der Waals surface area contributed by atoms with E-state index in [9.17, 15) is 4.79 Å². The molecule has 0 saturated heterocycles. The molecule has 1 aromatic heterocycles. The second kappa shape index (κ2) is 7.40. The quantitative estimate of drug-likeness (QED) is 0.770. The first-order valence-electron chi connectivity index (χ1n) is 7.94. The summed E-state index contributed by atoms with van der Waals surface area (Å²) in [6, 6.07) is 7.70. The van der Waals surface area contributed by atoms with Gasteiger partial charge in [-0.1, -0.05) is 26.0 Å². The van der Waals surface area contributed by atoms with E-state index in [-0.39, 0.29) is 5.91 Å². The molecule has 0 fully saturated rings. The highest BCUT2D eigenvalue weighted by Crippen LogP contribution is 2.15. The van der Waals surface area contributed by atoms with Crippen LogP contribution in [-0.4, -0.2) is 28.0 Å². The summed E-state index contributed by atoms with van der Waals surface area (Å²) < 4.78 is 2.19. The van der Waals surface area contributed by atoms with E-state index in [1.165, 1.54) is 0 Å². The van der Waals surface area contributed by atoms with Gasteiger partial charge in [0.2, 0.25) is 5.91 Å². The average molecular weight is 302 g/mol. The maximum Gasteiger partial charge on any atom is 0.236 e. The molecule has 0 aliphatic heterocycles. The minimum atomic E-state index is -0.407. The van der Waals surface area contributed by atoms with Crippen molar-refractivity contribution >= 4 is 16.9 Å². The molecular formula is C17H26N4O. The second-order valence-electron chi connectivity index (χ2n) is 6.18. The van der Waals surface area contributed by atoms with E-state index in [1.807, 2.05) is 25.1 Å². The minimum Gasteiger partial charge on any atom is -0.355 e. The smallest absolute Gasteiger partial charge is 0.236 e. The first kappa shape index (κ1) is 16.5. The number of amides is 1. The van der Waals surface area contributed by atoms with E-state index < -0.39 is 6.04 Å². The summed E-state index contributed by atoms with van der Waals surface area (Å²) in [5.41, 5.74) is 8.02. The van der Waals surface area contributed by atoms with E-state index >= 15 is 0 Å². The fourth-order valence-corrected chi connectivity index (χ4v) is 2.67. The number of imidazole rings is 1. The highest BCUT2D eigenvalue weighted by molar-refractivity contribution is 5.81. The van der Waals surface area contributed by atoms with Crippen LogP contribution in [0.1, 0.15) is 32.5 Å². The summed E-state index contributed by atoms with van der Waals surface area (Å²) in [6.45, 7) is 7.62. The number of nitrogens with one attached hydrogen (secondary N) is 1. The molecule has 2 aromatic rings. The molecule has 2 rings (SSSR count). The van der Waals surface area contributed by atoms with Gasteiger partial charge in [0, 0.05) is 13.1 Å². The van der Waals surface area contributed by atoms with Gasteiger partial charge < -0.3 is 15.6 Å². The van der Waals surface area contributed by atoms with E-state index in [1.54, 1.807) is 0 Å². The van der Waals surface area contributed by atoms with E-state index in [2.05, 4.69) is 34.8 Å². The van der Waals surface area contributed by atoms with E-state index in [0.717, 1.165) is 36.2 Å². The molecule has 5 nitrogen and oxygen atoms in total. The maximum absolute atomic E-state index is 11.9. The number of aromatic nitrogens is 2. The number of hydrogen-bond acceptors (Lipinski definition) is 3. The van der Waals surface area contributed by atoms with Crippen molar-refractivity contribution in [2.75, 3.05) is 6.54 Å². The Morgan fingerprint density at radius 1 is 1.36 bits per heavy atom. The van der Waals surface area contributed by atoms with Crippen LogP contribution in [-0.2, 0) is 11.3 Å². The van der Waals surface area contributed by atoms with Crippen LogP contribution >= 0.6 is 0 Å². The van der Waals surface area contributed by atoms with Crippen molar-refractivity contribution in [1.82, 2.24) is 14.9 Å². The Hall–Kier alpha value is -1.88. The standard InChI is InChI=1S/C17H26N4O/c1-12(2)11-14(18)17(22)19-9-6-10-21-13(3)20-15-7-4-5-8-16(15)21/h4-5,7-8,12,14H,6,9-11,18H2,1-3H3,(H,19,22)/t14-/m0/s1. The first-order chi connectivity index (χ1) is 10.5. The lowest BCUT2D eigenvalue weighted by Crippen LogP contribution is -2.41. The number of para-hydroxylation sites is 2. The zero-order valence-corrected chi connectivity index (χ0v) is 13.7. The van der Waals surface area contributed by atoms with Crippen molar-refractivity contribution in [2.24, 2.45) is 11.7 Å². The molecule has 1 heterocycles. The van der Waals surface area contributed by atoms with Gasteiger partial charge in [-0.15, -0.1) is 0 Å². The van der Waals surface area contributed by atoms with Crippen molar-refractivity contribution in [2.45, 2.75) is 46.2 Å². The molecule has 0 aliphatic rings. The van der Waals surface area contributed by atoms with Crippen molar-refractivity contribution in [3.05, 3.63) is 30.1 Å². The lowest BCUT2D eigenvalue weighted by atomic mass is 10.0. The lowest BCUT2D eigenvalue weighted by Gasteiger charge is -2.14. The number of aryl methyl sites for hydroxylation is 2. The summed E-state index contributed by atoms with van der Waals surface area (Å²) in [6.07, 6.45) is 1.58. The van der Waals surface area contributed by atoms with Gasteiger partial charge in [0.1, 0.15) is 5.82 Å². The highest BCUT2D eigenvalue weighted by Gasteiger charge is 2.14. The molecular weight excluding hydrogens is 276 g/mol. The number of carbonyl (C=O) groups excluding carboxylic acids is 1. The van der Waals surface area contributed by atoms with Crippen LogP contribution in [0.3, 0.4) is 0 Å². The van der Waals surface area contributed by atoms with Gasteiger partial charge in [-0.2, -0.15) is 0 Å². The molecule has 120 valence electrons. The number of benzene rings is 1. The van der Waals surface area contributed by atoms with Crippen LogP contribution in [0, 0.1) is 12.8 Å². The third-order valence-electron chi connectivity index (χ3n) is 3.77. The highest BCUT2D eigenvalue weighted by atomic mass is 16.2. The third-order valence-corrected chi connectivity index (χ3v) is 3.77. The summed E-state index contributed by atoms with van der Waals surface area (Å²) in [4.78, 5) is 16.4. The molecule has 0 spiro atoms. The van der Waals surface area contributed by atoms with Gasteiger partial charge in [-0.05, 0) is 37.8 Å². The van der Waals surface area contributed by atoms with Crippen molar-refractivity contribution < 1.29 is 4.79 Å². The summed E-state index contributed by atoms with van der Waals surface area (Å²) in [5.74, 6) is 1.38. The number of nitrogens with zero attached hydrogens (tertiary/aromatic N) is 2. The van der Waals surface area contributed by atoms with Crippen molar-refractivity contribution in [3.63, 3.8) is 0 Å². The van der Waals surface area contributed by atoms with Crippen LogP contribution in [0.2, 0.25) is 0 Å². The zero-order valence-electron chi connectivity index (χ0n) is 13.7. The molecule has 22 heavy (non-hydrogen) atoms. The molecule has 5 heteroatoms. The third kappa shape index (κ3) is 4.07. The van der Waals surface area contributed by atoms with Crippen LogP contribution < -0.4 is 11.1 Å². The largest absolute Gasteiger partial charge is 0.355 e. The van der Waals surface area contributed by atoms with Gasteiger partial charge >= 0.3 is 0 Å². The van der Waals surface area contributed by atoms with Crippen LogP contribution in [0.15, 0.2) is 24.3 Å². The molecule has 1 aromatic carbocycles. The Labute approximate surface area is 131 Å². The van der Waals surface area contributed by atoms with Crippen LogP contribution in [0.25, 0.3) is 11.0 Å². The Morgan fingerprint density at radius 2 is 2.09 bits per heavy atom. The molecule has 0 unspecified atom stereocenters. The topological polar surface area (TPSA) is 72.9 Å². The van der Waals surface area contributed by atoms with Crippen LogP contribution in [0.4, 0.5) is 0 Å². The zero-order chi connectivity index (χ0) is 16.1. The number of fused-ring (bicyclic) bond motifs is 1. The molecule has 0 bridgehead atoms. The number of nitrogens with two attached hydrogens (primary N) is 1.